The van der Waals surface area contributed by atoms with Crippen LogP contribution in [0.3, 0.4) is 0 Å². The smallest absolute Gasteiger partial charge is 0.264 e. The number of nitrogens with one attached hydrogen (secondary N) is 1. The molecule has 4 aromatic rings. The first-order valence-corrected chi connectivity index (χ1v) is 18.4. The molecule has 1 fully saturated rings. The number of sulfonamides is 1. The molecule has 1 aliphatic rings. The van der Waals surface area contributed by atoms with E-state index in [4.69, 9.17) is 0 Å². The van der Waals surface area contributed by atoms with E-state index in [1.165, 1.54) is 16.4 Å². The van der Waals surface area contributed by atoms with Crippen LogP contribution in [0, 0.1) is 6.92 Å². The van der Waals surface area contributed by atoms with Gasteiger partial charge in [-0.25, -0.2) is 8.42 Å². The second-order valence-electron chi connectivity index (χ2n) is 13.1. The topological polar surface area (TPSA) is 86.8 Å². The summed E-state index contributed by atoms with van der Waals surface area (Å²) in [5.41, 5.74) is 4.26. The Hall–Kier alpha value is -4.43. The number of benzene rings is 4. The van der Waals surface area contributed by atoms with Gasteiger partial charge in [-0.2, -0.15) is 0 Å². The lowest BCUT2D eigenvalue weighted by molar-refractivity contribution is -0.140. The Balaban J connectivity index is 1.56. The van der Waals surface area contributed by atoms with Gasteiger partial charge in [0.25, 0.3) is 10.0 Å². The Morgan fingerprint density at radius 3 is 2.04 bits per heavy atom. The molecule has 0 aromatic heterocycles. The number of carbonyl (C=O) groups excluding carboxylic acids is 2. The lowest BCUT2D eigenvalue weighted by Crippen LogP contribution is -2.55. The van der Waals surface area contributed by atoms with Crippen molar-refractivity contribution in [2.75, 3.05) is 10.8 Å². The number of hydrogen-bond donors (Lipinski definition) is 1. The van der Waals surface area contributed by atoms with Crippen LogP contribution in [0.25, 0.3) is 0 Å². The lowest BCUT2D eigenvalue weighted by Gasteiger charge is -2.35. The maximum absolute atomic E-state index is 14.7. The second kappa shape index (κ2) is 16.1. The van der Waals surface area contributed by atoms with E-state index in [9.17, 15) is 18.0 Å². The van der Waals surface area contributed by atoms with Gasteiger partial charge in [0.1, 0.15) is 12.6 Å². The molecular weight excluding hydrogens is 619 g/mol. The summed E-state index contributed by atoms with van der Waals surface area (Å²) in [6.07, 6.45) is 5.38. The highest BCUT2D eigenvalue weighted by atomic mass is 32.2. The van der Waals surface area contributed by atoms with Gasteiger partial charge < -0.3 is 10.2 Å². The number of hydrogen-bond acceptors (Lipinski definition) is 4. The van der Waals surface area contributed by atoms with Gasteiger partial charge in [-0.05, 0) is 66.6 Å². The highest BCUT2D eigenvalue weighted by Gasteiger charge is 2.35. The van der Waals surface area contributed by atoms with Crippen molar-refractivity contribution in [1.29, 1.82) is 0 Å². The van der Waals surface area contributed by atoms with Gasteiger partial charge in [-0.1, -0.05) is 124 Å². The summed E-state index contributed by atoms with van der Waals surface area (Å²) in [7, 11) is -4.14. The predicted octanol–water partition coefficient (Wildman–Crippen LogP) is 7.40. The minimum absolute atomic E-state index is 0.0508. The highest BCUT2D eigenvalue weighted by molar-refractivity contribution is 7.92. The molecule has 4 aromatic carbocycles. The Morgan fingerprint density at radius 2 is 1.42 bits per heavy atom. The Kier molecular flexibility index (Phi) is 11.7. The summed E-state index contributed by atoms with van der Waals surface area (Å²) in [5.74, 6) is -0.416. The van der Waals surface area contributed by atoms with Crippen molar-refractivity contribution in [3.63, 3.8) is 0 Å². The lowest BCUT2D eigenvalue weighted by atomic mass is 9.94. The molecule has 252 valence electrons. The molecule has 1 saturated carbocycles. The van der Waals surface area contributed by atoms with Gasteiger partial charge in [0.05, 0.1) is 10.6 Å². The molecule has 0 spiro atoms. The second-order valence-corrected chi connectivity index (χ2v) is 15.0. The zero-order valence-electron chi connectivity index (χ0n) is 28.2. The molecule has 48 heavy (non-hydrogen) atoms. The molecule has 1 aliphatic carbocycles. The van der Waals surface area contributed by atoms with Crippen LogP contribution in [-0.2, 0) is 32.6 Å². The molecule has 7 nitrogen and oxygen atoms in total. The summed E-state index contributed by atoms with van der Waals surface area (Å²) in [6.45, 7) is 5.83. The van der Waals surface area contributed by atoms with Crippen molar-refractivity contribution < 1.29 is 18.0 Å². The largest absolute Gasteiger partial charge is 0.352 e. The Morgan fingerprint density at radius 1 is 0.792 bits per heavy atom. The third kappa shape index (κ3) is 8.92. The third-order valence-corrected chi connectivity index (χ3v) is 10.9. The maximum Gasteiger partial charge on any atom is 0.264 e. The molecule has 0 radical (unpaired) electrons. The van der Waals surface area contributed by atoms with Crippen LogP contribution in [0.1, 0.15) is 74.1 Å². The number of anilines is 1. The molecule has 0 saturated heterocycles. The number of aryl methyl sites for hydroxylation is 1. The van der Waals surface area contributed by atoms with Crippen molar-refractivity contribution in [2.45, 2.75) is 88.7 Å². The van der Waals surface area contributed by atoms with Gasteiger partial charge in [0.2, 0.25) is 11.8 Å². The first-order valence-electron chi connectivity index (χ1n) is 17.0. The van der Waals surface area contributed by atoms with Crippen LogP contribution in [0.2, 0.25) is 0 Å². The summed E-state index contributed by atoms with van der Waals surface area (Å²) in [6, 6.07) is 32.2. The van der Waals surface area contributed by atoms with E-state index in [0.29, 0.717) is 12.1 Å². The van der Waals surface area contributed by atoms with Gasteiger partial charge in [0, 0.05) is 19.0 Å². The van der Waals surface area contributed by atoms with Crippen molar-refractivity contribution in [3.05, 3.63) is 131 Å². The van der Waals surface area contributed by atoms with Crippen LogP contribution in [0.4, 0.5) is 5.69 Å². The van der Waals surface area contributed by atoms with E-state index in [1.54, 1.807) is 35.2 Å². The van der Waals surface area contributed by atoms with Crippen molar-refractivity contribution in [3.8, 4) is 0 Å². The average molecular weight is 666 g/mol. The SMILES string of the molecule is Cc1cccc(CN(C(=O)CN(c2ccc(C(C)C)cc2)S(=O)(=O)c2ccccc2)C(Cc2ccccc2)C(=O)NC2CCCCC2)c1. The van der Waals surface area contributed by atoms with E-state index in [0.717, 1.165) is 54.4 Å². The number of carbonyl (C=O) groups is 2. The molecular formula is C40H47N3O4S. The Bertz CT molecular complexity index is 1750. The first kappa shape index (κ1) is 34.9. The molecule has 0 aliphatic heterocycles. The molecule has 2 amide bonds. The van der Waals surface area contributed by atoms with Crippen LogP contribution in [0.15, 0.2) is 114 Å². The molecule has 1 atom stereocenters. The van der Waals surface area contributed by atoms with Crippen LogP contribution in [0.5, 0.6) is 0 Å². The van der Waals surface area contributed by atoms with E-state index in [-0.39, 0.29) is 29.3 Å². The van der Waals surface area contributed by atoms with E-state index in [2.05, 4.69) is 19.2 Å². The summed E-state index contributed by atoms with van der Waals surface area (Å²) >= 11 is 0. The molecule has 0 heterocycles. The van der Waals surface area contributed by atoms with Crippen molar-refractivity contribution >= 4 is 27.5 Å². The third-order valence-electron chi connectivity index (χ3n) is 9.12. The van der Waals surface area contributed by atoms with Crippen molar-refractivity contribution in [1.82, 2.24) is 10.2 Å². The van der Waals surface area contributed by atoms with E-state index < -0.39 is 28.5 Å². The predicted molar refractivity (Wildman–Crippen MR) is 192 cm³/mol. The van der Waals surface area contributed by atoms with Gasteiger partial charge >= 0.3 is 0 Å². The summed E-state index contributed by atoms with van der Waals surface area (Å²) in [5, 5.41) is 3.26. The molecule has 5 rings (SSSR count). The first-order chi connectivity index (χ1) is 23.1. The van der Waals surface area contributed by atoms with Crippen LogP contribution >= 0.6 is 0 Å². The molecule has 1 unspecified atom stereocenters. The minimum Gasteiger partial charge on any atom is -0.352 e. The van der Waals surface area contributed by atoms with Crippen LogP contribution in [-0.4, -0.2) is 43.8 Å². The van der Waals surface area contributed by atoms with Crippen molar-refractivity contribution in [2.24, 2.45) is 0 Å². The zero-order chi connectivity index (χ0) is 34.1. The standard InChI is InChI=1S/C40H47N3O4S/c1-30(2)34-22-24-36(25-23-34)43(48(46,47)37-20-11-6-12-21-37)29-39(44)42(28-33-17-13-14-31(3)26-33)38(27-32-15-7-4-8-16-32)40(45)41-35-18-9-5-10-19-35/h4,6-8,11-17,20-26,30,35,38H,5,9-10,18-19,27-29H2,1-3H3,(H,41,45). The van der Waals surface area contributed by atoms with Crippen LogP contribution < -0.4 is 9.62 Å². The monoisotopic (exact) mass is 665 g/mol. The Labute approximate surface area is 286 Å². The maximum atomic E-state index is 14.7. The number of rotatable bonds is 13. The average Bonchev–Trinajstić information content (AvgIpc) is 3.10. The minimum atomic E-state index is -4.14. The van der Waals surface area contributed by atoms with Gasteiger partial charge in [-0.15, -0.1) is 0 Å². The zero-order valence-corrected chi connectivity index (χ0v) is 29.0. The molecule has 8 heteroatoms. The fourth-order valence-corrected chi connectivity index (χ4v) is 7.81. The molecule has 0 bridgehead atoms. The summed E-state index contributed by atoms with van der Waals surface area (Å²) in [4.78, 5) is 30.7. The van der Waals surface area contributed by atoms with E-state index >= 15 is 0 Å². The van der Waals surface area contributed by atoms with E-state index in [1.807, 2.05) is 73.7 Å². The molecule has 1 N–H and O–H groups in total. The number of nitrogens with zero attached hydrogens (tertiary/aromatic N) is 2. The number of amides is 2. The van der Waals surface area contributed by atoms with Gasteiger partial charge in [-0.3, -0.25) is 13.9 Å². The fraction of sp³-hybridized carbons (Fsp3) is 0.350. The quantitative estimate of drug-likeness (QED) is 0.161. The highest BCUT2D eigenvalue weighted by Crippen LogP contribution is 2.27. The van der Waals surface area contributed by atoms with Gasteiger partial charge in [0.15, 0.2) is 0 Å². The normalized spacial score (nSPS) is 14.3. The fourth-order valence-electron chi connectivity index (χ4n) is 6.38. The summed E-state index contributed by atoms with van der Waals surface area (Å²) < 4.78 is 29.7.